The van der Waals surface area contributed by atoms with Crippen molar-refractivity contribution in [3.8, 4) is 5.75 Å². The Labute approximate surface area is 146 Å². The molecule has 0 aliphatic rings. The summed E-state index contributed by atoms with van der Waals surface area (Å²) in [7, 11) is 0. The number of benzene rings is 1. The lowest BCUT2D eigenvalue weighted by Gasteiger charge is -2.30. The van der Waals surface area contributed by atoms with Crippen LogP contribution in [0.1, 0.15) is 65.2 Å². The van der Waals surface area contributed by atoms with Gasteiger partial charge in [-0.15, -0.1) is 0 Å². The van der Waals surface area contributed by atoms with Crippen molar-refractivity contribution in [2.24, 2.45) is 0 Å². The second-order valence-corrected chi connectivity index (χ2v) is 8.07. The van der Waals surface area contributed by atoms with Crippen molar-refractivity contribution in [3.63, 3.8) is 0 Å². The fourth-order valence-corrected chi connectivity index (χ4v) is 2.58. The molecule has 4 nitrogen and oxygen atoms in total. The Bertz CT molecular complexity index is 527. The molecule has 0 bridgehead atoms. The predicted molar refractivity (Wildman–Crippen MR) is 96.8 cm³/mol. The van der Waals surface area contributed by atoms with E-state index in [2.05, 4.69) is 41.5 Å². The van der Waals surface area contributed by atoms with E-state index in [0.29, 0.717) is 6.61 Å². The van der Waals surface area contributed by atoms with Gasteiger partial charge < -0.3 is 14.6 Å². The summed E-state index contributed by atoms with van der Waals surface area (Å²) in [4.78, 5) is 11.9. The van der Waals surface area contributed by atoms with E-state index in [1.54, 1.807) is 0 Å². The van der Waals surface area contributed by atoms with Crippen molar-refractivity contribution in [1.82, 2.24) is 0 Å². The average Bonchev–Trinajstić information content (AvgIpc) is 2.44. The van der Waals surface area contributed by atoms with Crippen LogP contribution in [0.4, 0.5) is 0 Å². The predicted octanol–water partition coefficient (Wildman–Crippen LogP) is 3.76. The van der Waals surface area contributed by atoms with Crippen molar-refractivity contribution in [2.75, 3.05) is 19.8 Å². The van der Waals surface area contributed by atoms with Crippen molar-refractivity contribution in [3.05, 3.63) is 28.8 Å². The lowest BCUT2D eigenvalue weighted by atomic mass is 9.78. The zero-order chi connectivity index (χ0) is 18.5. The first-order valence-corrected chi connectivity index (χ1v) is 8.57. The van der Waals surface area contributed by atoms with E-state index >= 15 is 0 Å². The van der Waals surface area contributed by atoms with Crippen molar-refractivity contribution in [1.29, 1.82) is 0 Å². The molecule has 0 aliphatic carbocycles. The highest BCUT2D eigenvalue weighted by Crippen LogP contribution is 2.40. The van der Waals surface area contributed by atoms with Gasteiger partial charge in [0.1, 0.15) is 12.4 Å². The smallest absolute Gasteiger partial charge is 0.310 e. The first-order chi connectivity index (χ1) is 11.0. The van der Waals surface area contributed by atoms with Crippen LogP contribution in [0.3, 0.4) is 0 Å². The summed E-state index contributed by atoms with van der Waals surface area (Å²) in [5.41, 5.74) is 2.91. The van der Waals surface area contributed by atoms with E-state index in [9.17, 15) is 4.79 Å². The molecule has 1 aromatic rings. The maximum absolute atomic E-state index is 11.9. The fourth-order valence-electron chi connectivity index (χ4n) is 2.58. The molecule has 0 saturated carbocycles. The topological polar surface area (TPSA) is 55.8 Å². The number of aliphatic hydroxyl groups is 1. The number of rotatable bonds is 6. The number of aliphatic hydroxyl groups excluding tert-OH is 1. The van der Waals surface area contributed by atoms with Crippen molar-refractivity contribution >= 4 is 5.97 Å². The van der Waals surface area contributed by atoms with E-state index in [0.717, 1.165) is 22.4 Å². The minimum atomic E-state index is -0.326. The third-order valence-corrected chi connectivity index (χ3v) is 3.76. The van der Waals surface area contributed by atoms with Gasteiger partial charge in [-0.1, -0.05) is 53.7 Å². The maximum atomic E-state index is 11.9. The molecule has 0 atom stereocenters. The Morgan fingerprint density at radius 1 is 1.04 bits per heavy atom. The number of carbonyl (C=O) groups is 1. The summed E-state index contributed by atoms with van der Waals surface area (Å²) in [5, 5.41) is 8.78. The van der Waals surface area contributed by atoms with Crippen LogP contribution in [-0.2, 0) is 26.8 Å². The third kappa shape index (κ3) is 5.52. The summed E-state index contributed by atoms with van der Waals surface area (Å²) in [6.45, 7) is 15.3. The summed E-state index contributed by atoms with van der Waals surface area (Å²) in [6.07, 6.45) is 0.193. The van der Waals surface area contributed by atoms with Crippen LogP contribution in [0.2, 0.25) is 0 Å². The summed E-state index contributed by atoms with van der Waals surface area (Å²) >= 11 is 0. The standard InChI is InChI=1S/C20H32O4/c1-8-23-18-15(19(2,3)4)11-14(12-16(18)20(5,6)7)13-17(22)24-10-9-21/h11-12,21H,8-10,13H2,1-7H3. The van der Waals surface area contributed by atoms with Crippen LogP contribution in [0.5, 0.6) is 5.75 Å². The first-order valence-electron chi connectivity index (χ1n) is 8.57. The van der Waals surface area contributed by atoms with E-state index < -0.39 is 0 Å². The van der Waals surface area contributed by atoms with Crippen LogP contribution in [-0.4, -0.2) is 30.9 Å². The monoisotopic (exact) mass is 336 g/mol. The Morgan fingerprint density at radius 3 is 1.92 bits per heavy atom. The molecule has 1 aromatic carbocycles. The van der Waals surface area contributed by atoms with Crippen LogP contribution in [0.15, 0.2) is 12.1 Å². The fraction of sp³-hybridized carbons (Fsp3) is 0.650. The van der Waals surface area contributed by atoms with Crippen LogP contribution in [0.25, 0.3) is 0 Å². The number of hydrogen-bond donors (Lipinski definition) is 1. The highest BCUT2D eigenvalue weighted by Gasteiger charge is 2.28. The molecule has 0 radical (unpaired) electrons. The zero-order valence-electron chi connectivity index (χ0n) is 16.2. The number of carbonyl (C=O) groups excluding carboxylic acids is 1. The number of esters is 1. The van der Waals surface area contributed by atoms with Gasteiger partial charge in [0.2, 0.25) is 0 Å². The highest BCUT2D eigenvalue weighted by molar-refractivity contribution is 5.73. The van der Waals surface area contributed by atoms with Crippen molar-refractivity contribution < 1.29 is 19.4 Å². The lowest BCUT2D eigenvalue weighted by molar-refractivity contribution is -0.143. The Hall–Kier alpha value is -1.55. The first kappa shape index (κ1) is 20.5. The van der Waals surface area contributed by atoms with Gasteiger partial charge in [0.15, 0.2) is 0 Å². The molecule has 136 valence electrons. The van der Waals surface area contributed by atoms with Gasteiger partial charge in [-0.05, 0) is 23.3 Å². The van der Waals surface area contributed by atoms with Gasteiger partial charge in [0, 0.05) is 11.1 Å². The third-order valence-electron chi connectivity index (χ3n) is 3.76. The molecule has 4 heteroatoms. The molecule has 1 rings (SSSR count). The number of hydrogen-bond acceptors (Lipinski definition) is 4. The largest absolute Gasteiger partial charge is 0.493 e. The second kappa shape index (κ2) is 8.02. The quantitative estimate of drug-likeness (QED) is 0.804. The molecule has 0 amide bonds. The summed E-state index contributed by atoms with van der Waals surface area (Å²) < 4.78 is 11.0. The molecular weight excluding hydrogens is 304 g/mol. The molecule has 0 fully saturated rings. The Balaban J connectivity index is 3.40. The minimum absolute atomic E-state index is 0.0358. The molecule has 24 heavy (non-hydrogen) atoms. The van der Waals surface area contributed by atoms with Gasteiger partial charge in [-0.2, -0.15) is 0 Å². The van der Waals surface area contributed by atoms with Gasteiger partial charge >= 0.3 is 5.97 Å². The van der Waals surface area contributed by atoms with Gasteiger partial charge in [0.05, 0.1) is 19.6 Å². The van der Waals surface area contributed by atoms with Crippen LogP contribution >= 0.6 is 0 Å². The lowest BCUT2D eigenvalue weighted by Crippen LogP contribution is -2.21. The zero-order valence-corrected chi connectivity index (χ0v) is 16.2. The van der Waals surface area contributed by atoms with Gasteiger partial charge in [0.25, 0.3) is 0 Å². The van der Waals surface area contributed by atoms with E-state index in [-0.39, 0.29) is 36.4 Å². The summed E-state index contributed by atoms with van der Waals surface area (Å²) in [6, 6.07) is 4.08. The normalized spacial score (nSPS) is 12.2. The van der Waals surface area contributed by atoms with Crippen LogP contribution in [0, 0.1) is 0 Å². The number of ether oxygens (including phenoxy) is 2. The van der Waals surface area contributed by atoms with E-state index in [1.807, 2.05) is 19.1 Å². The SMILES string of the molecule is CCOc1c(C(C)(C)C)cc(CC(=O)OCCO)cc1C(C)(C)C. The van der Waals surface area contributed by atoms with Gasteiger partial charge in [-0.25, -0.2) is 0 Å². The Morgan fingerprint density at radius 2 is 1.54 bits per heavy atom. The highest BCUT2D eigenvalue weighted by atomic mass is 16.5. The van der Waals surface area contributed by atoms with Gasteiger partial charge in [-0.3, -0.25) is 4.79 Å². The molecule has 0 heterocycles. The molecule has 1 N–H and O–H groups in total. The maximum Gasteiger partial charge on any atom is 0.310 e. The van der Waals surface area contributed by atoms with Crippen molar-refractivity contribution in [2.45, 2.75) is 65.7 Å². The molecule has 0 saturated heterocycles. The molecule has 0 unspecified atom stereocenters. The molecule has 0 aliphatic heterocycles. The molecule has 0 spiro atoms. The average molecular weight is 336 g/mol. The van der Waals surface area contributed by atoms with Crippen LogP contribution < -0.4 is 4.74 Å². The van der Waals surface area contributed by atoms with E-state index in [4.69, 9.17) is 14.6 Å². The molecular formula is C20H32O4. The second-order valence-electron chi connectivity index (χ2n) is 8.07. The van der Waals surface area contributed by atoms with E-state index in [1.165, 1.54) is 0 Å². The molecule has 0 aromatic heterocycles. The Kier molecular flexibility index (Phi) is 6.85. The minimum Gasteiger partial charge on any atom is -0.493 e. The summed E-state index contributed by atoms with van der Waals surface area (Å²) in [5.74, 6) is 0.595.